The minimum atomic E-state index is -0.344. The Morgan fingerprint density at radius 2 is 1.86 bits per heavy atom. The Morgan fingerprint density at radius 1 is 1.11 bits per heavy atom. The van der Waals surface area contributed by atoms with Gasteiger partial charge in [-0.25, -0.2) is 4.98 Å². The molecule has 0 radical (unpaired) electrons. The molecule has 0 unspecified atom stereocenters. The number of amides is 1. The molecule has 1 heterocycles. The third kappa shape index (κ3) is 6.18. The van der Waals surface area contributed by atoms with Crippen molar-refractivity contribution in [3.63, 3.8) is 0 Å². The number of anilines is 1. The van der Waals surface area contributed by atoms with E-state index in [2.05, 4.69) is 41.4 Å². The van der Waals surface area contributed by atoms with Crippen LogP contribution in [0.4, 0.5) is 5.69 Å². The van der Waals surface area contributed by atoms with Crippen LogP contribution in [0.1, 0.15) is 31.9 Å². The maximum absolute atomic E-state index is 12.3. The first-order valence-corrected chi connectivity index (χ1v) is 12.0. The second-order valence-electron chi connectivity index (χ2n) is 9.35. The second-order valence-corrected chi connectivity index (χ2v) is 10.2. The highest BCUT2D eigenvalue weighted by Gasteiger charge is 2.14. The summed E-state index contributed by atoms with van der Waals surface area (Å²) in [5.41, 5.74) is 5.54. The minimum absolute atomic E-state index is 0.0578. The SMILES string of the molecule is Cc1cc2[nH]c(-c3cccc(NC(=S)NC(=O)COc4ccc(C(C)(C)C)cc4)c3)nc2cc1Cl. The summed E-state index contributed by atoms with van der Waals surface area (Å²) in [6.45, 7) is 8.25. The maximum atomic E-state index is 12.3. The Balaban J connectivity index is 1.34. The number of aromatic amines is 1. The van der Waals surface area contributed by atoms with Crippen LogP contribution in [0.5, 0.6) is 5.75 Å². The molecule has 0 fully saturated rings. The third-order valence-electron chi connectivity index (χ3n) is 5.50. The molecular weight excluding hydrogens is 480 g/mol. The van der Waals surface area contributed by atoms with Crippen LogP contribution in [0.25, 0.3) is 22.4 Å². The molecule has 8 heteroatoms. The molecule has 0 bridgehead atoms. The van der Waals surface area contributed by atoms with Crippen LogP contribution in [-0.4, -0.2) is 27.6 Å². The van der Waals surface area contributed by atoms with Crippen LogP contribution < -0.4 is 15.4 Å². The number of H-pyrrole nitrogens is 1. The summed E-state index contributed by atoms with van der Waals surface area (Å²) in [7, 11) is 0. The molecule has 180 valence electrons. The van der Waals surface area contributed by atoms with Gasteiger partial charge in [-0.05, 0) is 72.1 Å². The first kappa shape index (κ1) is 24.7. The van der Waals surface area contributed by atoms with Crippen molar-refractivity contribution >= 4 is 51.6 Å². The highest BCUT2D eigenvalue weighted by atomic mass is 35.5. The molecular formula is C27H27ClN4O2S. The van der Waals surface area contributed by atoms with E-state index in [4.69, 9.17) is 28.6 Å². The molecule has 4 aromatic rings. The monoisotopic (exact) mass is 506 g/mol. The lowest BCUT2D eigenvalue weighted by Gasteiger charge is -2.19. The van der Waals surface area contributed by atoms with Crippen LogP contribution in [0.15, 0.2) is 60.7 Å². The summed E-state index contributed by atoms with van der Waals surface area (Å²) in [6.07, 6.45) is 0. The zero-order valence-electron chi connectivity index (χ0n) is 20.0. The molecule has 0 atom stereocenters. The Bertz CT molecular complexity index is 1350. The second kappa shape index (κ2) is 10.1. The van der Waals surface area contributed by atoms with E-state index in [1.54, 1.807) is 0 Å². The highest BCUT2D eigenvalue weighted by molar-refractivity contribution is 7.80. The van der Waals surface area contributed by atoms with Gasteiger partial charge in [-0.1, -0.05) is 56.6 Å². The van der Waals surface area contributed by atoms with Crippen LogP contribution in [-0.2, 0) is 10.2 Å². The molecule has 0 saturated heterocycles. The largest absolute Gasteiger partial charge is 0.484 e. The number of nitrogens with zero attached hydrogens (tertiary/aromatic N) is 1. The van der Waals surface area contributed by atoms with E-state index in [-0.39, 0.29) is 23.0 Å². The Hall–Kier alpha value is -3.42. The molecule has 1 aromatic heterocycles. The number of halogens is 1. The van der Waals surface area contributed by atoms with E-state index >= 15 is 0 Å². The number of ether oxygens (including phenoxy) is 1. The molecule has 0 saturated carbocycles. The summed E-state index contributed by atoms with van der Waals surface area (Å²) in [6, 6.07) is 19.1. The molecule has 0 aliphatic heterocycles. The molecule has 4 rings (SSSR count). The number of benzene rings is 3. The van der Waals surface area contributed by atoms with Crippen molar-refractivity contribution in [3.05, 3.63) is 76.8 Å². The fourth-order valence-corrected chi connectivity index (χ4v) is 3.94. The van der Waals surface area contributed by atoms with E-state index < -0.39 is 0 Å². The number of hydrogen-bond acceptors (Lipinski definition) is 4. The van der Waals surface area contributed by atoms with Crippen molar-refractivity contribution in [2.75, 3.05) is 11.9 Å². The number of carbonyl (C=O) groups is 1. The van der Waals surface area contributed by atoms with Gasteiger partial charge in [-0.3, -0.25) is 10.1 Å². The van der Waals surface area contributed by atoms with Crippen LogP contribution in [0, 0.1) is 6.92 Å². The van der Waals surface area contributed by atoms with Gasteiger partial charge in [-0.2, -0.15) is 0 Å². The first-order valence-electron chi connectivity index (χ1n) is 11.2. The Morgan fingerprint density at radius 3 is 2.57 bits per heavy atom. The van der Waals surface area contributed by atoms with Gasteiger partial charge in [0.15, 0.2) is 11.7 Å². The van der Waals surface area contributed by atoms with Gasteiger partial charge in [-0.15, -0.1) is 0 Å². The highest BCUT2D eigenvalue weighted by Crippen LogP contribution is 2.27. The van der Waals surface area contributed by atoms with Crippen LogP contribution >= 0.6 is 23.8 Å². The van der Waals surface area contributed by atoms with E-state index in [1.807, 2.05) is 67.6 Å². The van der Waals surface area contributed by atoms with Gasteiger partial charge in [0.25, 0.3) is 5.91 Å². The summed E-state index contributed by atoms with van der Waals surface area (Å²) in [5.74, 6) is 0.997. The van der Waals surface area contributed by atoms with Crippen molar-refractivity contribution in [2.45, 2.75) is 33.1 Å². The first-order chi connectivity index (χ1) is 16.6. The minimum Gasteiger partial charge on any atom is -0.484 e. The lowest BCUT2D eigenvalue weighted by atomic mass is 9.87. The van der Waals surface area contributed by atoms with Crippen molar-refractivity contribution in [2.24, 2.45) is 0 Å². The predicted molar refractivity (Wildman–Crippen MR) is 146 cm³/mol. The average Bonchev–Trinajstić information content (AvgIpc) is 3.20. The van der Waals surface area contributed by atoms with Crippen molar-refractivity contribution in [1.29, 1.82) is 0 Å². The average molecular weight is 507 g/mol. The van der Waals surface area contributed by atoms with Gasteiger partial charge in [0.1, 0.15) is 11.6 Å². The predicted octanol–water partition coefficient (Wildman–Crippen LogP) is 6.38. The number of rotatable bonds is 5. The topological polar surface area (TPSA) is 79.0 Å². The fraction of sp³-hybridized carbons (Fsp3) is 0.222. The normalized spacial score (nSPS) is 11.3. The molecule has 0 spiro atoms. The maximum Gasteiger partial charge on any atom is 0.264 e. The summed E-state index contributed by atoms with van der Waals surface area (Å²) < 4.78 is 5.59. The number of fused-ring (bicyclic) bond motifs is 1. The molecule has 1 amide bonds. The number of thiocarbonyl (C=S) groups is 1. The molecule has 3 N–H and O–H groups in total. The summed E-state index contributed by atoms with van der Waals surface area (Å²) in [4.78, 5) is 20.3. The van der Waals surface area contributed by atoms with E-state index in [0.717, 1.165) is 27.8 Å². The number of nitrogens with one attached hydrogen (secondary N) is 3. The zero-order chi connectivity index (χ0) is 25.2. The lowest BCUT2D eigenvalue weighted by Crippen LogP contribution is -2.37. The number of aromatic nitrogens is 2. The van der Waals surface area contributed by atoms with Gasteiger partial charge >= 0.3 is 0 Å². The zero-order valence-corrected chi connectivity index (χ0v) is 21.6. The molecule has 6 nitrogen and oxygen atoms in total. The lowest BCUT2D eigenvalue weighted by molar-refractivity contribution is -0.121. The number of aryl methyl sites for hydroxylation is 1. The van der Waals surface area contributed by atoms with Crippen molar-refractivity contribution in [3.8, 4) is 17.1 Å². The van der Waals surface area contributed by atoms with Crippen LogP contribution in [0.3, 0.4) is 0 Å². The Labute approximate surface area is 215 Å². The van der Waals surface area contributed by atoms with Gasteiger partial charge < -0.3 is 15.0 Å². The van der Waals surface area contributed by atoms with E-state index in [1.165, 1.54) is 5.56 Å². The van der Waals surface area contributed by atoms with Gasteiger partial charge in [0.05, 0.1) is 11.0 Å². The standard InChI is InChI=1S/C27H27ClN4O2S/c1-16-12-22-23(14-21(16)28)31-25(30-22)17-6-5-7-19(13-17)29-26(35)32-24(33)15-34-20-10-8-18(9-11-20)27(2,3)4/h5-14H,15H2,1-4H3,(H,30,31)(H2,29,32,33,35). The molecule has 3 aromatic carbocycles. The van der Waals surface area contributed by atoms with Gasteiger partial charge in [0, 0.05) is 16.3 Å². The Kier molecular flexibility index (Phi) is 7.10. The smallest absolute Gasteiger partial charge is 0.264 e. The number of hydrogen-bond donors (Lipinski definition) is 3. The van der Waals surface area contributed by atoms with Gasteiger partial charge in [0.2, 0.25) is 0 Å². The molecule has 35 heavy (non-hydrogen) atoms. The van der Waals surface area contributed by atoms with Crippen LogP contribution in [0.2, 0.25) is 5.02 Å². The van der Waals surface area contributed by atoms with E-state index in [9.17, 15) is 4.79 Å². The number of imidazole rings is 1. The van der Waals surface area contributed by atoms with E-state index in [0.29, 0.717) is 16.6 Å². The molecule has 0 aliphatic rings. The quantitative estimate of drug-likeness (QED) is 0.274. The summed E-state index contributed by atoms with van der Waals surface area (Å²) >= 11 is 11.5. The fourth-order valence-electron chi connectivity index (χ4n) is 3.55. The van der Waals surface area contributed by atoms with Crippen molar-refractivity contribution < 1.29 is 9.53 Å². The molecule has 0 aliphatic carbocycles. The number of carbonyl (C=O) groups excluding carboxylic acids is 1. The third-order valence-corrected chi connectivity index (χ3v) is 6.11. The summed E-state index contributed by atoms with van der Waals surface area (Å²) in [5, 5.41) is 6.55. The van der Waals surface area contributed by atoms with Crippen molar-refractivity contribution in [1.82, 2.24) is 15.3 Å².